The van der Waals surface area contributed by atoms with Gasteiger partial charge in [-0.1, -0.05) is 12.4 Å². The molecule has 0 radical (unpaired) electrons. The van der Waals surface area contributed by atoms with E-state index in [1.54, 1.807) is 12.4 Å². The summed E-state index contributed by atoms with van der Waals surface area (Å²) in [6.07, 6.45) is 3.34. The van der Waals surface area contributed by atoms with Gasteiger partial charge in [0, 0.05) is 0 Å². The van der Waals surface area contributed by atoms with Crippen LogP contribution in [0.1, 0.15) is 0 Å². The van der Waals surface area contributed by atoms with Gasteiger partial charge in [-0.05, 0) is 0 Å². The van der Waals surface area contributed by atoms with Crippen molar-refractivity contribution in [1.82, 2.24) is 4.98 Å². The molecule has 1 aromatic heterocycles. The molecule has 0 aliphatic carbocycles. The molecule has 0 spiro atoms. The maximum Gasteiger partial charge on any atom is 1.00 e. The zero-order chi connectivity index (χ0) is 17.7. The Morgan fingerprint density at radius 3 is 0.955 bits per heavy atom. The van der Waals surface area contributed by atoms with E-state index in [1.165, 1.54) is 0 Å². The van der Waals surface area contributed by atoms with Gasteiger partial charge in [-0.3, -0.25) is 0 Å². The Kier molecular flexibility index (Phi) is 20.1. The van der Waals surface area contributed by atoms with Crippen LogP contribution in [0.3, 0.4) is 0 Å². The second-order valence-corrected chi connectivity index (χ2v) is 2.44. The smallest absolute Gasteiger partial charge is 0.418 e. The number of halogens is 12. The molecular weight excluding hydrogens is 374 g/mol. The summed E-state index contributed by atoms with van der Waals surface area (Å²) in [5.74, 6) is 0. The van der Waals surface area contributed by atoms with Crippen molar-refractivity contribution in [3.63, 3.8) is 0 Å². The largest absolute Gasteiger partial charge is 1.00 e. The third-order valence-electron chi connectivity index (χ3n) is 0.514. The molecular formula is C5H4B3F12KN-3. The molecule has 0 unspecified atom stereocenters. The van der Waals surface area contributed by atoms with Crippen LogP contribution in [-0.2, 0) is 0 Å². The Morgan fingerprint density at radius 1 is 0.636 bits per heavy atom. The van der Waals surface area contributed by atoms with Gasteiger partial charge in [0.05, 0.1) is 0 Å². The molecule has 17 heteroatoms. The molecule has 0 bridgehead atoms. The predicted octanol–water partition coefficient (Wildman–Crippen LogP) is 1.79. The van der Waals surface area contributed by atoms with Crippen molar-refractivity contribution < 1.29 is 103 Å². The van der Waals surface area contributed by atoms with Crippen molar-refractivity contribution in [2.45, 2.75) is 0 Å². The normalized spacial score (nSPS) is 10.4. The van der Waals surface area contributed by atoms with E-state index in [0.29, 0.717) is 0 Å². The van der Waals surface area contributed by atoms with E-state index in [9.17, 15) is 51.8 Å². The maximum absolute atomic E-state index is 9.75. The van der Waals surface area contributed by atoms with Gasteiger partial charge < -0.3 is 56.8 Å². The Balaban J connectivity index is -0.0000000973. The average Bonchev–Trinajstić information content (AvgIpc) is 2.12. The fourth-order valence-electron chi connectivity index (χ4n) is 0.277. The first-order valence-corrected chi connectivity index (χ1v) is 4.38. The molecule has 0 fully saturated rings. The molecule has 0 aliphatic heterocycles. The van der Waals surface area contributed by atoms with Gasteiger partial charge >= 0.3 is 73.1 Å². The molecule has 0 amide bonds. The molecule has 0 N–H and O–H groups in total. The van der Waals surface area contributed by atoms with Crippen molar-refractivity contribution in [3.8, 4) is 0 Å². The predicted molar refractivity (Wildman–Crippen MR) is 53.6 cm³/mol. The topological polar surface area (TPSA) is 12.9 Å². The third kappa shape index (κ3) is 196. The summed E-state index contributed by atoms with van der Waals surface area (Å²) in [5, 5.41) is 0. The quantitative estimate of drug-likeness (QED) is 0.382. The van der Waals surface area contributed by atoms with Gasteiger partial charge in [-0.15, -0.1) is 0 Å². The van der Waals surface area contributed by atoms with Gasteiger partial charge in [0.2, 0.25) is 0 Å². The molecule has 0 aliphatic rings. The fourth-order valence-corrected chi connectivity index (χ4v) is 0.277. The Labute approximate surface area is 159 Å². The summed E-state index contributed by atoms with van der Waals surface area (Å²) < 4.78 is 117. The van der Waals surface area contributed by atoms with Crippen LogP contribution in [0.5, 0.6) is 0 Å². The standard InChI is InChI=1S/C5H4N.3BF4.K/c1-2-4-6-5-3-1;3*2-1(3,4)5;/h1-2,4-5H;;;;/q4*-1;+1. The van der Waals surface area contributed by atoms with Gasteiger partial charge in [-0.2, -0.15) is 6.07 Å². The minimum absolute atomic E-state index is 0. The molecule has 0 saturated heterocycles. The summed E-state index contributed by atoms with van der Waals surface area (Å²) in [5.41, 5.74) is 0. The van der Waals surface area contributed by atoms with E-state index < -0.39 is 21.8 Å². The van der Waals surface area contributed by atoms with E-state index in [-0.39, 0.29) is 51.4 Å². The van der Waals surface area contributed by atoms with Gasteiger partial charge in [0.25, 0.3) is 0 Å². The Morgan fingerprint density at radius 2 is 0.909 bits per heavy atom. The van der Waals surface area contributed by atoms with E-state index in [1.807, 2.05) is 12.1 Å². The first-order valence-electron chi connectivity index (χ1n) is 4.38. The summed E-state index contributed by atoms with van der Waals surface area (Å²) >= 11 is 0. The number of aromatic nitrogens is 1. The molecule has 1 heterocycles. The van der Waals surface area contributed by atoms with E-state index in [4.69, 9.17) is 0 Å². The van der Waals surface area contributed by atoms with Crippen molar-refractivity contribution in [1.29, 1.82) is 0 Å². The average molecular weight is 378 g/mol. The number of rotatable bonds is 0. The SMILES string of the molecule is F[B-](F)(F)F.F[B-](F)(F)F.F[B-](F)(F)F.[K+].[c-]1cccnc1. The molecule has 126 valence electrons. The minimum Gasteiger partial charge on any atom is -0.418 e. The Bertz CT molecular complexity index is 253. The zero-order valence-electron chi connectivity index (χ0n) is 10.5. The van der Waals surface area contributed by atoms with E-state index in [0.717, 1.165) is 0 Å². The van der Waals surface area contributed by atoms with Crippen LogP contribution in [0.25, 0.3) is 0 Å². The second-order valence-electron chi connectivity index (χ2n) is 2.44. The van der Waals surface area contributed by atoms with Crippen molar-refractivity contribution in [2.24, 2.45) is 0 Å². The van der Waals surface area contributed by atoms with Crippen molar-refractivity contribution in [2.75, 3.05) is 0 Å². The monoisotopic (exact) mass is 378 g/mol. The van der Waals surface area contributed by atoms with Gasteiger partial charge in [0.15, 0.2) is 0 Å². The van der Waals surface area contributed by atoms with E-state index in [2.05, 4.69) is 11.1 Å². The summed E-state index contributed by atoms with van der Waals surface area (Å²) in [6.45, 7) is 0. The molecule has 0 aromatic carbocycles. The molecule has 1 rings (SSSR count). The Hall–Kier alpha value is 0.141. The van der Waals surface area contributed by atoms with E-state index >= 15 is 0 Å². The molecule has 0 atom stereocenters. The minimum atomic E-state index is -6.00. The van der Waals surface area contributed by atoms with Crippen LogP contribution >= 0.6 is 0 Å². The summed E-state index contributed by atoms with van der Waals surface area (Å²) in [6, 6.07) is 6.43. The molecule has 0 saturated carbocycles. The second kappa shape index (κ2) is 14.7. The van der Waals surface area contributed by atoms with Crippen LogP contribution in [0, 0.1) is 6.07 Å². The zero-order valence-corrected chi connectivity index (χ0v) is 13.6. The van der Waals surface area contributed by atoms with Crippen molar-refractivity contribution in [3.05, 3.63) is 30.6 Å². The van der Waals surface area contributed by atoms with Crippen LogP contribution < -0.4 is 51.4 Å². The van der Waals surface area contributed by atoms with Crippen LogP contribution in [0.15, 0.2) is 24.5 Å². The number of pyridine rings is 1. The third-order valence-corrected chi connectivity index (χ3v) is 0.514. The summed E-state index contributed by atoms with van der Waals surface area (Å²) in [7, 11) is -18.0. The van der Waals surface area contributed by atoms with Gasteiger partial charge in [-0.25, -0.2) is 12.1 Å². The molecule has 1 aromatic rings. The maximum atomic E-state index is 9.75. The molecule has 1 nitrogen and oxygen atoms in total. The summed E-state index contributed by atoms with van der Waals surface area (Å²) in [4.78, 5) is 3.73. The molecule has 22 heavy (non-hydrogen) atoms. The number of nitrogens with zero attached hydrogens (tertiary/aromatic N) is 1. The van der Waals surface area contributed by atoms with Crippen LogP contribution in [0.2, 0.25) is 0 Å². The van der Waals surface area contributed by atoms with Crippen LogP contribution in [0.4, 0.5) is 51.8 Å². The first-order chi connectivity index (χ1) is 9.00. The first kappa shape index (κ1) is 30.1. The number of hydrogen-bond donors (Lipinski definition) is 0. The number of hydrogen-bond acceptors (Lipinski definition) is 1. The van der Waals surface area contributed by atoms with Gasteiger partial charge in [0.1, 0.15) is 0 Å². The van der Waals surface area contributed by atoms with Crippen LogP contribution in [-0.4, -0.2) is 26.7 Å². The van der Waals surface area contributed by atoms with Crippen molar-refractivity contribution >= 4 is 21.8 Å². The fraction of sp³-hybridized carbons (Fsp3) is 0.